The molecule has 2 fully saturated rings. The van der Waals surface area contributed by atoms with Crippen molar-refractivity contribution < 1.29 is 14.7 Å². The number of hydrogen-bond acceptors (Lipinski definition) is 3. The van der Waals surface area contributed by atoms with Crippen molar-refractivity contribution in [2.45, 2.75) is 25.8 Å². The van der Waals surface area contributed by atoms with E-state index in [-0.39, 0.29) is 17.2 Å². The van der Waals surface area contributed by atoms with Gasteiger partial charge in [0.25, 0.3) is 5.91 Å². The minimum Gasteiger partial charge on any atom is -0.481 e. The highest BCUT2D eigenvalue weighted by Crippen LogP contribution is 2.59. The zero-order valence-corrected chi connectivity index (χ0v) is 15.0. The lowest BCUT2D eigenvalue weighted by atomic mass is 9.90. The molecular formula is C19H20ClN3O3. The van der Waals surface area contributed by atoms with Gasteiger partial charge in [-0.1, -0.05) is 29.8 Å². The summed E-state index contributed by atoms with van der Waals surface area (Å²) >= 11 is 6.17. The number of carbonyl (C=O) groups excluding carboxylic acids is 1. The van der Waals surface area contributed by atoms with E-state index >= 15 is 0 Å². The normalized spacial score (nSPS) is 21.0. The van der Waals surface area contributed by atoms with Gasteiger partial charge in [0.1, 0.15) is 0 Å². The molecule has 1 aliphatic heterocycles. The van der Waals surface area contributed by atoms with Gasteiger partial charge < -0.3 is 10.0 Å². The fourth-order valence-electron chi connectivity index (χ4n) is 3.95. The van der Waals surface area contributed by atoms with Gasteiger partial charge in [-0.25, -0.2) is 0 Å². The van der Waals surface area contributed by atoms with Gasteiger partial charge in [0.15, 0.2) is 0 Å². The van der Waals surface area contributed by atoms with Gasteiger partial charge in [0.2, 0.25) is 0 Å². The fraction of sp³-hybridized carbons (Fsp3) is 0.421. The predicted molar refractivity (Wildman–Crippen MR) is 96.1 cm³/mol. The SMILES string of the molecule is O=C(O)C1CC12CCN(C(=O)c1cnn(Cc3ccccc3Cl)c1)CC2. The molecule has 0 radical (unpaired) electrons. The molecule has 1 amide bonds. The van der Waals surface area contributed by atoms with Gasteiger partial charge >= 0.3 is 5.97 Å². The van der Waals surface area contributed by atoms with Crippen LogP contribution in [0.1, 0.15) is 35.2 Å². The van der Waals surface area contributed by atoms with E-state index in [1.807, 2.05) is 24.3 Å². The van der Waals surface area contributed by atoms with E-state index in [4.69, 9.17) is 16.7 Å². The van der Waals surface area contributed by atoms with Gasteiger partial charge in [-0.3, -0.25) is 14.3 Å². The molecule has 1 aliphatic carbocycles. The molecule has 1 N–H and O–H groups in total. The lowest BCUT2D eigenvalue weighted by Gasteiger charge is -2.32. The first kappa shape index (κ1) is 17.1. The number of aliphatic carboxylic acids is 1. The Bertz CT molecular complexity index is 855. The van der Waals surface area contributed by atoms with Crippen LogP contribution in [0.5, 0.6) is 0 Å². The van der Waals surface area contributed by atoms with Crippen LogP contribution >= 0.6 is 11.6 Å². The number of aromatic nitrogens is 2. The van der Waals surface area contributed by atoms with Crippen molar-refractivity contribution in [2.24, 2.45) is 11.3 Å². The van der Waals surface area contributed by atoms with E-state index in [0.29, 0.717) is 30.2 Å². The Labute approximate surface area is 156 Å². The summed E-state index contributed by atoms with van der Waals surface area (Å²) in [6.45, 7) is 1.73. The number of carbonyl (C=O) groups is 2. The molecule has 1 spiro atoms. The number of hydrogen-bond donors (Lipinski definition) is 1. The van der Waals surface area contributed by atoms with E-state index in [2.05, 4.69) is 5.10 Å². The Hall–Kier alpha value is -2.34. The second-order valence-electron chi connectivity index (χ2n) is 7.27. The van der Waals surface area contributed by atoms with Crippen LogP contribution in [-0.2, 0) is 11.3 Å². The lowest BCUT2D eigenvalue weighted by molar-refractivity contribution is -0.139. The Morgan fingerprint density at radius 1 is 1.27 bits per heavy atom. The maximum Gasteiger partial charge on any atom is 0.307 e. The van der Waals surface area contributed by atoms with E-state index in [1.165, 1.54) is 0 Å². The highest BCUT2D eigenvalue weighted by atomic mass is 35.5. The number of piperidine rings is 1. The summed E-state index contributed by atoms with van der Waals surface area (Å²) in [5.41, 5.74) is 1.43. The van der Waals surface area contributed by atoms with Crippen molar-refractivity contribution >= 4 is 23.5 Å². The van der Waals surface area contributed by atoms with Crippen molar-refractivity contribution in [1.29, 1.82) is 0 Å². The Balaban J connectivity index is 1.38. The summed E-state index contributed by atoms with van der Waals surface area (Å²) in [6, 6.07) is 7.56. The first-order valence-corrected chi connectivity index (χ1v) is 9.14. The molecule has 1 unspecified atom stereocenters. The zero-order chi connectivity index (χ0) is 18.3. The number of likely N-dealkylation sites (tertiary alicyclic amines) is 1. The molecule has 7 heteroatoms. The molecule has 6 nitrogen and oxygen atoms in total. The molecule has 1 atom stereocenters. The van der Waals surface area contributed by atoms with Crippen molar-refractivity contribution in [3.05, 3.63) is 52.8 Å². The third-order valence-corrected chi connectivity index (χ3v) is 6.07. The van der Waals surface area contributed by atoms with Crippen LogP contribution in [0, 0.1) is 11.3 Å². The molecule has 2 aromatic rings. The molecular weight excluding hydrogens is 354 g/mol. The number of rotatable bonds is 4. The topological polar surface area (TPSA) is 75.4 Å². The number of carboxylic acids is 1. The van der Waals surface area contributed by atoms with Gasteiger partial charge in [-0.2, -0.15) is 5.10 Å². The van der Waals surface area contributed by atoms with Crippen LogP contribution in [0.25, 0.3) is 0 Å². The van der Waals surface area contributed by atoms with Gasteiger partial charge in [0.05, 0.1) is 24.2 Å². The molecule has 4 rings (SSSR count). The van der Waals surface area contributed by atoms with E-state index in [0.717, 1.165) is 24.8 Å². The summed E-state index contributed by atoms with van der Waals surface area (Å²) in [7, 11) is 0. The summed E-state index contributed by atoms with van der Waals surface area (Å²) in [5, 5.41) is 14.1. The molecule has 136 valence electrons. The van der Waals surface area contributed by atoms with Crippen molar-refractivity contribution in [1.82, 2.24) is 14.7 Å². The van der Waals surface area contributed by atoms with Crippen molar-refractivity contribution in [3.63, 3.8) is 0 Å². The number of halogens is 1. The van der Waals surface area contributed by atoms with Crippen LogP contribution in [0.4, 0.5) is 0 Å². The minimum absolute atomic E-state index is 0.0437. The standard InChI is InChI=1S/C19H20ClN3O3/c20-16-4-2-1-3-13(16)11-23-12-14(10-21-23)17(24)22-7-5-19(6-8-22)9-15(19)18(25)26/h1-4,10,12,15H,5-9,11H2,(H,25,26). The van der Waals surface area contributed by atoms with Gasteiger partial charge in [0, 0.05) is 24.3 Å². The lowest BCUT2D eigenvalue weighted by Crippen LogP contribution is -2.39. The summed E-state index contributed by atoms with van der Waals surface area (Å²) < 4.78 is 1.71. The molecule has 2 aliphatic rings. The van der Waals surface area contributed by atoms with Crippen LogP contribution in [0.15, 0.2) is 36.7 Å². The van der Waals surface area contributed by atoms with Crippen LogP contribution in [0.3, 0.4) is 0 Å². The first-order chi connectivity index (χ1) is 12.5. The predicted octanol–water partition coefficient (Wildman–Crippen LogP) is 2.91. The third kappa shape index (κ3) is 3.09. The second kappa shape index (κ2) is 6.43. The van der Waals surface area contributed by atoms with Gasteiger partial charge in [-0.05, 0) is 36.3 Å². The highest BCUT2D eigenvalue weighted by molar-refractivity contribution is 6.31. The maximum atomic E-state index is 12.7. The smallest absolute Gasteiger partial charge is 0.307 e. The highest BCUT2D eigenvalue weighted by Gasteiger charge is 2.59. The van der Waals surface area contributed by atoms with Crippen molar-refractivity contribution in [2.75, 3.05) is 13.1 Å². The zero-order valence-electron chi connectivity index (χ0n) is 14.3. The summed E-state index contributed by atoms with van der Waals surface area (Å²) in [4.78, 5) is 25.7. The molecule has 26 heavy (non-hydrogen) atoms. The molecule has 2 heterocycles. The molecule has 1 aromatic heterocycles. The summed E-state index contributed by atoms with van der Waals surface area (Å²) in [5.74, 6) is -0.971. The maximum absolute atomic E-state index is 12.7. The number of amides is 1. The van der Waals surface area contributed by atoms with E-state index in [1.54, 1.807) is 22.0 Å². The fourth-order valence-corrected chi connectivity index (χ4v) is 4.14. The number of nitrogens with zero attached hydrogens (tertiary/aromatic N) is 3. The largest absolute Gasteiger partial charge is 0.481 e. The average Bonchev–Trinajstić information content (AvgIpc) is 3.13. The number of benzene rings is 1. The monoisotopic (exact) mass is 373 g/mol. The van der Waals surface area contributed by atoms with Crippen LogP contribution in [0.2, 0.25) is 5.02 Å². The second-order valence-corrected chi connectivity index (χ2v) is 7.67. The Morgan fingerprint density at radius 2 is 2.00 bits per heavy atom. The Kier molecular flexibility index (Phi) is 4.23. The first-order valence-electron chi connectivity index (χ1n) is 8.76. The molecule has 1 saturated heterocycles. The summed E-state index contributed by atoms with van der Waals surface area (Å²) in [6.07, 6.45) is 5.61. The molecule has 1 aromatic carbocycles. The van der Waals surface area contributed by atoms with Crippen LogP contribution in [-0.4, -0.2) is 44.8 Å². The average molecular weight is 374 g/mol. The van der Waals surface area contributed by atoms with E-state index in [9.17, 15) is 9.59 Å². The van der Waals surface area contributed by atoms with Gasteiger partial charge in [-0.15, -0.1) is 0 Å². The van der Waals surface area contributed by atoms with Crippen LogP contribution < -0.4 is 0 Å². The minimum atomic E-state index is -0.703. The quantitative estimate of drug-likeness (QED) is 0.894. The Morgan fingerprint density at radius 3 is 2.65 bits per heavy atom. The number of carboxylic acid groups (broad SMARTS) is 1. The van der Waals surface area contributed by atoms with E-state index < -0.39 is 5.97 Å². The molecule has 1 saturated carbocycles. The van der Waals surface area contributed by atoms with Crippen molar-refractivity contribution in [3.8, 4) is 0 Å². The third-order valence-electron chi connectivity index (χ3n) is 5.70. The molecule has 0 bridgehead atoms.